The summed E-state index contributed by atoms with van der Waals surface area (Å²) in [4.78, 5) is 6.56. The molecule has 1 aromatic heterocycles. The Kier molecular flexibility index (Phi) is 4.58. The van der Waals surface area contributed by atoms with E-state index in [9.17, 15) is 0 Å². The van der Waals surface area contributed by atoms with Gasteiger partial charge in [-0.25, -0.2) is 0 Å². The van der Waals surface area contributed by atoms with Gasteiger partial charge in [0.1, 0.15) is 0 Å². The van der Waals surface area contributed by atoms with Gasteiger partial charge in [0.15, 0.2) is 0 Å². The second-order valence-electron chi connectivity index (χ2n) is 5.07. The number of unbranched alkanes of at least 4 members (excludes halogenated alkanes) is 1. The number of fused-ring (bicyclic) bond motifs is 1. The molecule has 0 aliphatic rings. The zero-order chi connectivity index (χ0) is 13.7. The number of anilines is 2. The Balaban J connectivity index is 1.97. The van der Waals surface area contributed by atoms with Crippen molar-refractivity contribution in [2.45, 2.75) is 12.8 Å². The van der Waals surface area contributed by atoms with Crippen LogP contribution in [-0.2, 0) is 0 Å². The molecule has 0 unspecified atom stereocenters. The number of hydrogen-bond donors (Lipinski definition) is 2. The summed E-state index contributed by atoms with van der Waals surface area (Å²) in [5.74, 6) is 0. The van der Waals surface area contributed by atoms with Gasteiger partial charge in [0.2, 0.25) is 0 Å². The molecule has 0 aliphatic heterocycles. The third-order valence-corrected chi connectivity index (χ3v) is 3.11. The first-order valence-corrected chi connectivity index (χ1v) is 6.69. The van der Waals surface area contributed by atoms with Crippen LogP contribution in [-0.4, -0.2) is 37.1 Å². The summed E-state index contributed by atoms with van der Waals surface area (Å²) in [5, 5.41) is 4.61. The number of nitrogens with two attached hydrogens (primary N) is 1. The van der Waals surface area contributed by atoms with Crippen molar-refractivity contribution in [3.63, 3.8) is 0 Å². The predicted octanol–water partition coefficient (Wildman–Crippen LogP) is 2.57. The Morgan fingerprint density at radius 3 is 2.84 bits per heavy atom. The molecule has 0 saturated heterocycles. The van der Waals surface area contributed by atoms with Gasteiger partial charge in [-0.3, -0.25) is 4.98 Å². The van der Waals surface area contributed by atoms with E-state index in [2.05, 4.69) is 29.3 Å². The fourth-order valence-corrected chi connectivity index (χ4v) is 2.10. The summed E-state index contributed by atoms with van der Waals surface area (Å²) in [6.45, 7) is 2.12. The molecule has 0 fully saturated rings. The lowest BCUT2D eigenvalue weighted by molar-refractivity contribution is 0.396. The van der Waals surface area contributed by atoms with E-state index in [-0.39, 0.29) is 0 Å². The van der Waals surface area contributed by atoms with Crippen molar-refractivity contribution in [1.82, 2.24) is 9.88 Å². The third kappa shape index (κ3) is 3.83. The van der Waals surface area contributed by atoms with Gasteiger partial charge in [-0.15, -0.1) is 0 Å². The maximum Gasteiger partial charge on any atom is 0.0743 e. The SMILES string of the molecule is CN(C)CCCCNc1ccnc2cc(N)ccc12. The van der Waals surface area contributed by atoms with E-state index in [1.54, 1.807) is 0 Å². The van der Waals surface area contributed by atoms with Crippen molar-refractivity contribution in [2.24, 2.45) is 0 Å². The lowest BCUT2D eigenvalue weighted by atomic mass is 10.1. The van der Waals surface area contributed by atoms with E-state index < -0.39 is 0 Å². The average Bonchev–Trinajstić information content (AvgIpc) is 2.37. The molecule has 2 rings (SSSR count). The van der Waals surface area contributed by atoms with E-state index in [1.807, 2.05) is 30.5 Å². The normalized spacial score (nSPS) is 11.1. The first kappa shape index (κ1) is 13.6. The number of hydrogen-bond acceptors (Lipinski definition) is 4. The molecule has 19 heavy (non-hydrogen) atoms. The minimum atomic E-state index is 0.753. The average molecular weight is 258 g/mol. The largest absolute Gasteiger partial charge is 0.399 e. The zero-order valence-electron chi connectivity index (χ0n) is 11.7. The van der Waals surface area contributed by atoms with Crippen molar-refractivity contribution >= 4 is 22.3 Å². The Bertz CT molecular complexity index is 537. The Labute approximate surface area is 114 Å². The van der Waals surface area contributed by atoms with Gasteiger partial charge in [0, 0.05) is 29.5 Å². The van der Waals surface area contributed by atoms with Gasteiger partial charge >= 0.3 is 0 Å². The topological polar surface area (TPSA) is 54.2 Å². The molecule has 0 amide bonds. The molecular weight excluding hydrogens is 236 g/mol. The number of nitrogens with zero attached hydrogens (tertiary/aromatic N) is 2. The predicted molar refractivity (Wildman–Crippen MR) is 82.4 cm³/mol. The smallest absolute Gasteiger partial charge is 0.0743 e. The maximum atomic E-state index is 5.78. The van der Waals surface area contributed by atoms with Crippen LogP contribution in [0.2, 0.25) is 0 Å². The number of aromatic nitrogens is 1. The maximum absolute atomic E-state index is 5.78. The Hall–Kier alpha value is -1.81. The summed E-state index contributed by atoms with van der Waals surface area (Å²) in [6, 6.07) is 7.87. The van der Waals surface area contributed by atoms with E-state index >= 15 is 0 Å². The lowest BCUT2D eigenvalue weighted by Gasteiger charge is -2.11. The number of rotatable bonds is 6. The molecular formula is C15H22N4. The summed E-state index contributed by atoms with van der Waals surface area (Å²) < 4.78 is 0. The Morgan fingerprint density at radius 2 is 2.05 bits per heavy atom. The van der Waals surface area contributed by atoms with Crippen molar-refractivity contribution < 1.29 is 0 Å². The van der Waals surface area contributed by atoms with Crippen LogP contribution in [0.25, 0.3) is 10.9 Å². The first-order valence-electron chi connectivity index (χ1n) is 6.69. The van der Waals surface area contributed by atoms with Gasteiger partial charge in [0.25, 0.3) is 0 Å². The third-order valence-electron chi connectivity index (χ3n) is 3.11. The fourth-order valence-electron chi connectivity index (χ4n) is 2.10. The molecule has 102 valence electrons. The first-order chi connectivity index (χ1) is 9.16. The molecule has 0 aliphatic carbocycles. The number of benzene rings is 1. The molecule has 0 saturated carbocycles. The van der Waals surface area contributed by atoms with Gasteiger partial charge < -0.3 is 16.0 Å². The van der Waals surface area contributed by atoms with Gasteiger partial charge in [-0.2, -0.15) is 0 Å². The van der Waals surface area contributed by atoms with Gasteiger partial charge in [-0.05, 0) is 57.7 Å². The highest BCUT2D eigenvalue weighted by atomic mass is 15.0. The molecule has 4 heteroatoms. The molecule has 3 N–H and O–H groups in total. The van der Waals surface area contributed by atoms with Crippen molar-refractivity contribution in [3.8, 4) is 0 Å². The van der Waals surface area contributed by atoms with Crippen molar-refractivity contribution in [1.29, 1.82) is 0 Å². The van der Waals surface area contributed by atoms with Crippen LogP contribution in [0.5, 0.6) is 0 Å². The minimum absolute atomic E-state index is 0.753. The molecule has 0 bridgehead atoms. The summed E-state index contributed by atoms with van der Waals surface area (Å²) in [5.41, 5.74) is 8.61. The highest BCUT2D eigenvalue weighted by Gasteiger charge is 2.01. The number of nitrogen functional groups attached to an aromatic ring is 1. The van der Waals surface area contributed by atoms with E-state index in [0.717, 1.165) is 41.8 Å². The lowest BCUT2D eigenvalue weighted by Crippen LogP contribution is -2.14. The molecule has 4 nitrogen and oxygen atoms in total. The monoisotopic (exact) mass is 258 g/mol. The molecule has 1 aromatic carbocycles. The van der Waals surface area contributed by atoms with E-state index in [4.69, 9.17) is 5.73 Å². The highest BCUT2D eigenvalue weighted by molar-refractivity contribution is 5.92. The molecule has 0 spiro atoms. The van der Waals surface area contributed by atoms with Crippen LogP contribution in [0, 0.1) is 0 Å². The van der Waals surface area contributed by atoms with Crippen LogP contribution >= 0.6 is 0 Å². The Morgan fingerprint density at radius 1 is 1.21 bits per heavy atom. The van der Waals surface area contributed by atoms with Crippen molar-refractivity contribution in [3.05, 3.63) is 30.5 Å². The standard InChI is InChI=1S/C15H22N4/c1-19(2)10-4-3-8-17-14-7-9-18-15-11-12(16)5-6-13(14)15/h5-7,9,11H,3-4,8,10,16H2,1-2H3,(H,17,18). The minimum Gasteiger partial charge on any atom is -0.399 e. The van der Waals surface area contributed by atoms with Crippen molar-refractivity contribution in [2.75, 3.05) is 38.2 Å². The second-order valence-corrected chi connectivity index (χ2v) is 5.07. The summed E-state index contributed by atoms with van der Waals surface area (Å²) in [7, 11) is 4.21. The van der Waals surface area contributed by atoms with Crippen LogP contribution in [0.3, 0.4) is 0 Å². The van der Waals surface area contributed by atoms with Crippen LogP contribution in [0.15, 0.2) is 30.5 Å². The summed E-state index contributed by atoms with van der Waals surface area (Å²) in [6.07, 6.45) is 4.19. The van der Waals surface area contributed by atoms with Crippen LogP contribution in [0.4, 0.5) is 11.4 Å². The summed E-state index contributed by atoms with van der Waals surface area (Å²) >= 11 is 0. The quantitative estimate of drug-likeness (QED) is 0.617. The van der Waals surface area contributed by atoms with Crippen LogP contribution in [0.1, 0.15) is 12.8 Å². The number of pyridine rings is 1. The molecule has 2 aromatic rings. The van der Waals surface area contributed by atoms with Crippen LogP contribution < -0.4 is 11.1 Å². The van der Waals surface area contributed by atoms with Gasteiger partial charge in [0.05, 0.1) is 5.52 Å². The zero-order valence-corrected chi connectivity index (χ0v) is 11.7. The fraction of sp³-hybridized carbons (Fsp3) is 0.400. The second kappa shape index (κ2) is 6.38. The highest BCUT2D eigenvalue weighted by Crippen LogP contribution is 2.23. The number of nitrogens with one attached hydrogen (secondary N) is 1. The molecule has 0 radical (unpaired) electrons. The van der Waals surface area contributed by atoms with E-state index in [1.165, 1.54) is 6.42 Å². The molecule has 1 heterocycles. The van der Waals surface area contributed by atoms with Gasteiger partial charge in [-0.1, -0.05) is 0 Å². The molecule has 0 atom stereocenters. The van der Waals surface area contributed by atoms with E-state index in [0.29, 0.717) is 0 Å².